The lowest BCUT2D eigenvalue weighted by molar-refractivity contribution is 0.00578. The summed E-state index contributed by atoms with van der Waals surface area (Å²) in [5.41, 5.74) is 8.57. The van der Waals surface area contributed by atoms with Gasteiger partial charge >= 0.3 is 7.12 Å². The molecule has 1 saturated heterocycles. The molecule has 0 saturated carbocycles. The van der Waals surface area contributed by atoms with Crippen LogP contribution >= 0.6 is 0 Å². The average molecular weight is 650 g/mol. The molecule has 1 aliphatic rings. The van der Waals surface area contributed by atoms with Crippen LogP contribution in [0.4, 0.5) is 0 Å². The molecule has 0 amide bonds. The summed E-state index contributed by atoms with van der Waals surface area (Å²) in [4.78, 5) is 5.17. The number of rotatable bonds is 5. The van der Waals surface area contributed by atoms with Gasteiger partial charge in [0.25, 0.3) is 0 Å². The van der Waals surface area contributed by atoms with Crippen LogP contribution in [0.15, 0.2) is 146 Å². The van der Waals surface area contributed by atoms with E-state index in [1.807, 2.05) is 16.6 Å². The van der Waals surface area contributed by atoms with Crippen LogP contribution < -0.4 is 5.46 Å². The summed E-state index contributed by atoms with van der Waals surface area (Å²) in [7, 11) is -0.489. The third kappa shape index (κ3) is 4.94. The second kappa shape index (κ2) is 11.5. The standard InChI is InChI=1S/C44H36BN3O2/c1-43(2)44(3,4)50-45(49-43)40-36-24-13-11-22-34(36)39(35-23-12-14-25-37(35)40)31-20-15-21-32(26-31)41-46-42-38(30-18-9-6-10-19-30)27-33(28-48(42)47-41)29-16-7-5-8-17-29/h5-28H,1-4H3. The molecule has 6 aromatic carbocycles. The molecule has 9 rings (SSSR count). The van der Waals surface area contributed by atoms with Crippen LogP contribution in [0.5, 0.6) is 0 Å². The quantitative estimate of drug-likeness (QED) is 0.138. The molecule has 50 heavy (non-hydrogen) atoms. The third-order valence-electron chi connectivity index (χ3n) is 10.5. The van der Waals surface area contributed by atoms with Gasteiger partial charge < -0.3 is 9.31 Å². The number of aromatic nitrogens is 3. The number of hydrogen-bond donors (Lipinski definition) is 0. The van der Waals surface area contributed by atoms with Gasteiger partial charge in [0.1, 0.15) is 0 Å². The van der Waals surface area contributed by atoms with E-state index in [0.717, 1.165) is 66.0 Å². The molecule has 0 bridgehead atoms. The molecule has 5 nitrogen and oxygen atoms in total. The first kappa shape index (κ1) is 30.5. The zero-order valence-electron chi connectivity index (χ0n) is 28.6. The topological polar surface area (TPSA) is 48.7 Å². The van der Waals surface area contributed by atoms with Gasteiger partial charge in [-0.25, -0.2) is 9.50 Å². The molecule has 0 radical (unpaired) electrons. The van der Waals surface area contributed by atoms with Gasteiger partial charge in [0.15, 0.2) is 11.5 Å². The molecule has 8 aromatic rings. The summed E-state index contributed by atoms with van der Waals surface area (Å²) in [5.74, 6) is 0.677. The van der Waals surface area contributed by atoms with Crippen molar-refractivity contribution in [3.05, 3.63) is 146 Å². The number of benzene rings is 6. The fraction of sp³-hybridized carbons (Fsp3) is 0.136. The molecule has 242 valence electrons. The maximum atomic E-state index is 6.65. The maximum absolute atomic E-state index is 6.65. The zero-order valence-corrected chi connectivity index (χ0v) is 28.6. The molecule has 3 heterocycles. The molecule has 0 spiro atoms. The highest BCUT2D eigenvalue weighted by Crippen LogP contribution is 2.41. The minimum atomic E-state index is -0.489. The van der Waals surface area contributed by atoms with Crippen molar-refractivity contribution in [2.75, 3.05) is 0 Å². The van der Waals surface area contributed by atoms with Gasteiger partial charge in [-0.15, -0.1) is 5.10 Å². The fourth-order valence-corrected chi connectivity index (χ4v) is 7.23. The first-order chi connectivity index (χ1) is 24.3. The van der Waals surface area contributed by atoms with Crippen molar-refractivity contribution in [3.63, 3.8) is 0 Å². The van der Waals surface area contributed by atoms with E-state index in [1.165, 1.54) is 5.56 Å². The Hall–Kier alpha value is -5.56. The van der Waals surface area contributed by atoms with Crippen LogP contribution in [0, 0.1) is 0 Å². The molecule has 0 atom stereocenters. The maximum Gasteiger partial charge on any atom is 0.496 e. The fourth-order valence-electron chi connectivity index (χ4n) is 7.23. The van der Waals surface area contributed by atoms with E-state index in [-0.39, 0.29) is 0 Å². The van der Waals surface area contributed by atoms with E-state index in [9.17, 15) is 0 Å². The van der Waals surface area contributed by atoms with Crippen LogP contribution in [0.1, 0.15) is 27.7 Å². The molecule has 2 aromatic heterocycles. The van der Waals surface area contributed by atoms with Gasteiger partial charge in [-0.05, 0) is 89.1 Å². The second-order valence-electron chi connectivity index (χ2n) is 14.1. The van der Waals surface area contributed by atoms with Crippen LogP contribution in [-0.2, 0) is 9.31 Å². The summed E-state index contributed by atoms with van der Waals surface area (Å²) in [6.07, 6.45) is 2.08. The van der Waals surface area contributed by atoms with E-state index < -0.39 is 18.3 Å². The number of nitrogens with zero attached hydrogens (tertiary/aromatic N) is 3. The molecule has 6 heteroatoms. The van der Waals surface area contributed by atoms with E-state index >= 15 is 0 Å². The van der Waals surface area contributed by atoms with Crippen LogP contribution in [0.3, 0.4) is 0 Å². The Balaban J connectivity index is 1.22. The molecule has 1 fully saturated rings. The van der Waals surface area contributed by atoms with Gasteiger partial charge in [0.05, 0.1) is 11.2 Å². The summed E-state index contributed by atoms with van der Waals surface area (Å²) in [6.45, 7) is 8.43. The molecular formula is C44H36BN3O2. The van der Waals surface area contributed by atoms with Crippen LogP contribution in [0.25, 0.3) is 72.0 Å². The summed E-state index contributed by atoms with van der Waals surface area (Å²) < 4.78 is 15.2. The minimum Gasteiger partial charge on any atom is -0.399 e. The van der Waals surface area contributed by atoms with Crippen molar-refractivity contribution in [2.45, 2.75) is 38.9 Å². The lowest BCUT2D eigenvalue weighted by Crippen LogP contribution is -2.41. The highest BCUT2D eigenvalue weighted by molar-refractivity contribution is 6.69. The number of hydrogen-bond acceptors (Lipinski definition) is 4. The van der Waals surface area contributed by atoms with E-state index in [4.69, 9.17) is 19.4 Å². The van der Waals surface area contributed by atoms with Crippen molar-refractivity contribution >= 4 is 39.8 Å². The SMILES string of the molecule is CC1(C)OB(c2c3ccccc3c(-c3cccc(-c4nc5c(-c6ccccc6)cc(-c6ccccc6)cn5n4)c3)c3ccccc23)OC1(C)C. The van der Waals surface area contributed by atoms with Gasteiger partial charge in [0, 0.05) is 22.9 Å². The van der Waals surface area contributed by atoms with Crippen molar-refractivity contribution in [1.82, 2.24) is 14.6 Å². The minimum absolute atomic E-state index is 0.448. The number of fused-ring (bicyclic) bond motifs is 3. The first-order valence-electron chi connectivity index (χ1n) is 17.2. The highest BCUT2D eigenvalue weighted by atomic mass is 16.7. The Bertz CT molecular complexity index is 2490. The van der Waals surface area contributed by atoms with Gasteiger partial charge in [-0.2, -0.15) is 0 Å². The Morgan fingerprint density at radius 2 is 1.04 bits per heavy atom. The lowest BCUT2D eigenvalue weighted by Gasteiger charge is -2.32. The van der Waals surface area contributed by atoms with Gasteiger partial charge in [0.2, 0.25) is 0 Å². The summed E-state index contributed by atoms with van der Waals surface area (Å²) in [5, 5.41) is 9.62. The lowest BCUT2D eigenvalue weighted by atomic mass is 9.71. The van der Waals surface area contributed by atoms with Crippen LogP contribution in [0.2, 0.25) is 0 Å². The number of pyridine rings is 1. The molecule has 1 aliphatic heterocycles. The zero-order chi connectivity index (χ0) is 34.0. The molecule has 0 unspecified atom stereocenters. The van der Waals surface area contributed by atoms with E-state index in [0.29, 0.717) is 5.82 Å². The monoisotopic (exact) mass is 649 g/mol. The highest BCUT2D eigenvalue weighted by Gasteiger charge is 2.52. The Morgan fingerprint density at radius 3 is 1.66 bits per heavy atom. The first-order valence-corrected chi connectivity index (χ1v) is 17.2. The normalized spacial score (nSPS) is 15.3. The Morgan fingerprint density at radius 1 is 0.520 bits per heavy atom. The largest absolute Gasteiger partial charge is 0.496 e. The second-order valence-corrected chi connectivity index (χ2v) is 14.1. The summed E-state index contributed by atoms with van der Waals surface area (Å²) in [6, 6.07) is 48.9. The molecule has 0 N–H and O–H groups in total. The van der Waals surface area contributed by atoms with Crippen molar-refractivity contribution in [1.29, 1.82) is 0 Å². The van der Waals surface area contributed by atoms with Gasteiger partial charge in [-0.3, -0.25) is 0 Å². The van der Waals surface area contributed by atoms with Crippen LogP contribution in [-0.4, -0.2) is 32.9 Å². The average Bonchev–Trinajstić information content (AvgIpc) is 3.67. The third-order valence-corrected chi connectivity index (χ3v) is 10.5. The molecular weight excluding hydrogens is 613 g/mol. The van der Waals surface area contributed by atoms with E-state index in [2.05, 4.69) is 161 Å². The predicted molar refractivity (Wildman–Crippen MR) is 205 cm³/mol. The van der Waals surface area contributed by atoms with Crippen molar-refractivity contribution in [2.24, 2.45) is 0 Å². The van der Waals surface area contributed by atoms with E-state index in [1.54, 1.807) is 0 Å². The predicted octanol–water partition coefficient (Wildman–Crippen LogP) is 10.0. The smallest absolute Gasteiger partial charge is 0.399 e. The molecule has 0 aliphatic carbocycles. The Labute approximate surface area is 292 Å². The van der Waals surface area contributed by atoms with Crippen molar-refractivity contribution < 1.29 is 9.31 Å². The summed E-state index contributed by atoms with van der Waals surface area (Å²) >= 11 is 0. The van der Waals surface area contributed by atoms with Crippen molar-refractivity contribution in [3.8, 4) is 44.8 Å². The van der Waals surface area contributed by atoms with Gasteiger partial charge in [-0.1, -0.05) is 127 Å². The Kier molecular flexibility index (Phi) is 7.02.